The minimum atomic E-state index is -3.63. The molecule has 0 spiro atoms. The normalized spacial score (nSPS) is 20.0. The number of nitrogens with one attached hydrogen (secondary N) is 1. The molecule has 1 fully saturated rings. The van der Waals surface area contributed by atoms with E-state index in [1.54, 1.807) is 12.1 Å². The summed E-state index contributed by atoms with van der Waals surface area (Å²) in [4.78, 5) is 11.1. The molecule has 0 aromatic heterocycles. The standard InChI is InChI=1S/C12H16BrN3O3S/c1-8(17)15-10-4-5-16(7-10)20(18,19)12-6-9(13)2-3-11(12)14/h2-3,6,10H,4-5,7,14H2,1H3,(H,15,17). The van der Waals surface area contributed by atoms with Gasteiger partial charge in [0.2, 0.25) is 15.9 Å². The van der Waals surface area contributed by atoms with Crippen LogP contribution in [0.3, 0.4) is 0 Å². The fraction of sp³-hybridized carbons (Fsp3) is 0.417. The second kappa shape index (κ2) is 5.71. The lowest BCUT2D eigenvalue weighted by Crippen LogP contribution is -2.37. The molecule has 1 saturated heterocycles. The minimum Gasteiger partial charge on any atom is -0.398 e. The van der Waals surface area contributed by atoms with E-state index in [0.29, 0.717) is 17.4 Å². The van der Waals surface area contributed by atoms with E-state index in [4.69, 9.17) is 5.73 Å². The number of benzene rings is 1. The first-order valence-electron chi connectivity index (χ1n) is 6.13. The van der Waals surface area contributed by atoms with Crippen molar-refractivity contribution in [2.24, 2.45) is 0 Å². The molecule has 1 aliphatic heterocycles. The van der Waals surface area contributed by atoms with Gasteiger partial charge in [-0.05, 0) is 24.6 Å². The van der Waals surface area contributed by atoms with E-state index in [9.17, 15) is 13.2 Å². The Balaban J connectivity index is 2.24. The summed E-state index contributed by atoms with van der Waals surface area (Å²) in [6.07, 6.45) is 0.604. The third kappa shape index (κ3) is 3.13. The highest BCUT2D eigenvalue weighted by Crippen LogP contribution is 2.28. The molecule has 6 nitrogen and oxygen atoms in total. The molecule has 0 saturated carbocycles. The zero-order valence-electron chi connectivity index (χ0n) is 11.0. The van der Waals surface area contributed by atoms with Crippen molar-refractivity contribution in [3.63, 3.8) is 0 Å². The van der Waals surface area contributed by atoms with Crippen LogP contribution < -0.4 is 11.1 Å². The summed E-state index contributed by atoms with van der Waals surface area (Å²) in [6.45, 7) is 2.07. The van der Waals surface area contributed by atoms with Crippen molar-refractivity contribution in [1.82, 2.24) is 9.62 Å². The number of nitrogens with two attached hydrogens (primary N) is 1. The lowest BCUT2D eigenvalue weighted by molar-refractivity contribution is -0.119. The number of nitrogens with zero attached hydrogens (tertiary/aromatic N) is 1. The molecular weight excluding hydrogens is 346 g/mol. The Kier molecular flexibility index (Phi) is 4.36. The monoisotopic (exact) mass is 361 g/mol. The highest BCUT2D eigenvalue weighted by Gasteiger charge is 2.33. The predicted octanol–water partition coefficient (Wildman–Crippen LogP) is 0.930. The van der Waals surface area contributed by atoms with Gasteiger partial charge in [-0.3, -0.25) is 4.79 Å². The average molecular weight is 362 g/mol. The van der Waals surface area contributed by atoms with E-state index in [1.165, 1.54) is 17.3 Å². The molecule has 1 unspecified atom stereocenters. The van der Waals surface area contributed by atoms with E-state index in [2.05, 4.69) is 21.2 Å². The van der Waals surface area contributed by atoms with Crippen LogP contribution in [0.5, 0.6) is 0 Å². The van der Waals surface area contributed by atoms with Crippen LogP contribution in [0.2, 0.25) is 0 Å². The Labute approximate surface area is 126 Å². The largest absolute Gasteiger partial charge is 0.398 e. The number of rotatable bonds is 3. The van der Waals surface area contributed by atoms with E-state index >= 15 is 0 Å². The van der Waals surface area contributed by atoms with E-state index in [1.807, 2.05) is 0 Å². The summed E-state index contributed by atoms with van der Waals surface area (Å²) in [6, 6.07) is 4.60. The van der Waals surface area contributed by atoms with Crippen LogP contribution in [-0.4, -0.2) is 37.8 Å². The Bertz CT molecular complexity index is 633. The van der Waals surface area contributed by atoms with Crippen LogP contribution in [-0.2, 0) is 14.8 Å². The van der Waals surface area contributed by atoms with E-state index in [0.717, 1.165) is 0 Å². The summed E-state index contributed by atoms with van der Waals surface area (Å²) in [7, 11) is -3.63. The second-order valence-electron chi connectivity index (χ2n) is 4.73. The zero-order valence-corrected chi connectivity index (χ0v) is 13.4. The second-order valence-corrected chi connectivity index (χ2v) is 7.55. The van der Waals surface area contributed by atoms with Gasteiger partial charge in [0, 0.05) is 30.5 Å². The fourth-order valence-corrected chi connectivity index (χ4v) is 4.38. The number of sulfonamides is 1. The molecule has 0 bridgehead atoms. The van der Waals surface area contributed by atoms with Crippen molar-refractivity contribution in [2.75, 3.05) is 18.8 Å². The van der Waals surface area contributed by atoms with Crippen LogP contribution in [0, 0.1) is 0 Å². The number of carbonyl (C=O) groups is 1. The van der Waals surface area contributed by atoms with Gasteiger partial charge in [0.1, 0.15) is 4.90 Å². The lowest BCUT2D eigenvalue weighted by atomic mass is 10.3. The molecule has 8 heteroatoms. The Morgan fingerprint density at radius 3 is 2.85 bits per heavy atom. The van der Waals surface area contributed by atoms with Gasteiger partial charge in [-0.25, -0.2) is 8.42 Å². The topological polar surface area (TPSA) is 92.5 Å². The van der Waals surface area contributed by atoms with Crippen molar-refractivity contribution in [1.29, 1.82) is 0 Å². The van der Waals surface area contributed by atoms with Crippen LogP contribution in [0.25, 0.3) is 0 Å². The van der Waals surface area contributed by atoms with Crippen molar-refractivity contribution in [3.05, 3.63) is 22.7 Å². The minimum absolute atomic E-state index is 0.0929. The molecule has 1 aromatic carbocycles. The van der Waals surface area contributed by atoms with E-state index < -0.39 is 10.0 Å². The van der Waals surface area contributed by atoms with Crippen LogP contribution in [0.4, 0.5) is 5.69 Å². The molecule has 1 aromatic rings. The number of anilines is 1. The molecular formula is C12H16BrN3O3S. The smallest absolute Gasteiger partial charge is 0.245 e. The SMILES string of the molecule is CC(=O)NC1CCN(S(=O)(=O)c2cc(Br)ccc2N)C1. The van der Waals surface area contributed by atoms with Crippen LogP contribution in [0.15, 0.2) is 27.6 Å². The van der Waals surface area contributed by atoms with Crippen LogP contribution in [0.1, 0.15) is 13.3 Å². The van der Waals surface area contributed by atoms with E-state index in [-0.39, 0.29) is 29.1 Å². The van der Waals surface area contributed by atoms with Gasteiger partial charge in [0.25, 0.3) is 0 Å². The van der Waals surface area contributed by atoms with Crippen molar-refractivity contribution in [3.8, 4) is 0 Å². The molecule has 20 heavy (non-hydrogen) atoms. The summed E-state index contributed by atoms with van der Waals surface area (Å²) in [5, 5.41) is 2.74. The number of nitrogen functional groups attached to an aromatic ring is 1. The lowest BCUT2D eigenvalue weighted by Gasteiger charge is -2.18. The van der Waals surface area contributed by atoms with Gasteiger partial charge in [-0.15, -0.1) is 0 Å². The van der Waals surface area contributed by atoms with Crippen molar-refractivity contribution >= 4 is 37.5 Å². The molecule has 0 radical (unpaired) electrons. The molecule has 3 N–H and O–H groups in total. The highest BCUT2D eigenvalue weighted by atomic mass is 79.9. The number of carbonyl (C=O) groups excluding carboxylic acids is 1. The molecule has 1 aliphatic rings. The quantitative estimate of drug-likeness (QED) is 0.783. The number of amides is 1. The maximum absolute atomic E-state index is 12.6. The number of hydrogen-bond donors (Lipinski definition) is 2. The molecule has 110 valence electrons. The van der Waals surface area contributed by atoms with Crippen LogP contribution >= 0.6 is 15.9 Å². The Hall–Kier alpha value is -1.12. The molecule has 2 rings (SSSR count). The maximum atomic E-state index is 12.6. The summed E-state index contributed by atoms with van der Waals surface area (Å²) in [5.74, 6) is -0.156. The highest BCUT2D eigenvalue weighted by molar-refractivity contribution is 9.10. The van der Waals surface area contributed by atoms with Crippen molar-refractivity contribution < 1.29 is 13.2 Å². The molecule has 1 amide bonds. The fourth-order valence-electron chi connectivity index (χ4n) is 2.22. The average Bonchev–Trinajstić information content (AvgIpc) is 2.80. The van der Waals surface area contributed by atoms with Gasteiger partial charge in [0.05, 0.1) is 5.69 Å². The van der Waals surface area contributed by atoms with Gasteiger partial charge < -0.3 is 11.1 Å². The Morgan fingerprint density at radius 1 is 1.50 bits per heavy atom. The zero-order chi connectivity index (χ0) is 14.9. The van der Waals surface area contributed by atoms with Gasteiger partial charge in [-0.1, -0.05) is 15.9 Å². The first-order valence-corrected chi connectivity index (χ1v) is 8.36. The van der Waals surface area contributed by atoms with Gasteiger partial charge >= 0.3 is 0 Å². The summed E-state index contributed by atoms with van der Waals surface area (Å²) < 4.78 is 27.1. The predicted molar refractivity (Wildman–Crippen MR) is 79.5 cm³/mol. The third-order valence-corrected chi connectivity index (χ3v) is 5.57. The first kappa shape index (κ1) is 15.3. The first-order chi connectivity index (χ1) is 9.30. The maximum Gasteiger partial charge on any atom is 0.245 e. The van der Waals surface area contributed by atoms with Gasteiger partial charge in [-0.2, -0.15) is 4.31 Å². The molecule has 0 aliphatic carbocycles. The number of hydrogen-bond acceptors (Lipinski definition) is 4. The van der Waals surface area contributed by atoms with Gasteiger partial charge in [0.15, 0.2) is 0 Å². The molecule has 1 heterocycles. The third-order valence-electron chi connectivity index (χ3n) is 3.15. The summed E-state index contributed by atoms with van der Waals surface area (Å²) >= 11 is 3.25. The number of halogens is 1. The van der Waals surface area contributed by atoms with Crippen molar-refractivity contribution in [2.45, 2.75) is 24.3 Å². The summed E-state index contributed by atoms with van der Waals surface area (Å²) in [5.41, 5.74) is 5.98. The Morgan fingerprint density at radius 2 is 2.20 bits per heavy atom. The molecule has 1 atom stereocenters.